The Hall–Kier alpha value is -1.84. The molecule has 0 amide bonds. The molecule has 128 valence electrons. The van der Waals surface area contributed by atoms with Gasteiger partial charge in [-0.25, -0.2) is 0 Å². The Morgan fingerprint density at radius 1 is 1.12 bits per heavy atom. The highest BCUT2D eigenvalue weighted by atomic mass is 16.5. The highest BCUT2D eigenvalue weighted by Gasteiger charge is 2.19. The molecular formula is C21H27NO2. The van der Waals surface area contributed by atoms with Crippen LogP contribution in [0.25, 0.3) is 0 Å². The molecular weight excluding hydrogens is 298 g/mol. The number of phenols is 1. The van der Waals surface area contributed by atoms with Crippen LogP contribution in [0.1, 0.15) is 29.5 Å². The van der Waals surface area contributed by atoms with Crippen LogP contribution >= 0.6 is 0 Å². The van der Waals surface area contributed by atoms with Crippen molar-refractivity contribution in [2.24, 2.45) is 0 Å². The van der Waals surface area contributed by atoms with Crippen LogP contribution in [-0.2, 0) is 17.7 Å². The van der Waals surface area contributed by atoms with Crippen LogP contribution in [0.2, 0.25) is 0 Å². The van der Waals surface area contributed by atoms with E-state index in [0.717, 1.165) is 32.7 Å². The zero-order chi connectivity index (χ0) is 16.8. The SMILES string of the molecule is Cc1cccc(CN(CCc2ccc(O)cc2)CC2CCCO2)c1. The molecule has 1 fully saturated rings. The summed E-state index contributed by atoms with van der Waals surface area (Å²) in [6, 6.07) is 16.3. The Labute approximate surface area is 144 Å². The molecule has 1 aliphatic heterocycles. The summed E-state index contributed by atoms with van der Waals surface area (Å²) in [4.78, 5) is 2.50. The predicted molar refractivity (Wildman–Crippen MR) is 97.2 cm³/mol. The van der Waals surface area contributed by atoms with Crippen molar-refractivity contribution in [3.8, 4) is 5.75 Å². The summed E-state index contributed by atoms with van der Waals surface area (Å²) < 4.78 is 5.84. The van der Waals surface area contributed by atoms with Gasteiger partial charge in [0.2, 0.25) is 0 Å². The van der Waals surface area contributed by atoms with Gasteiger partial charge in [0.1, 0.15) is 5.75 Å². The van der Waals surface area contributed by atoms with Crippen molar-refractivity contribution < 1.29 is 9.84 Å². The number of aromatic hydroxyl groups is 1. The fourth-order valence-electron chi connectivity index (χ4n) is 3.33. The normalized spacial score (nSPS) is 17.5. The maximum absolute atomic E-state index is 9.42. The summed E-state index contributed by atoms with van der Waals surface area (Å²) in [5, 5.41) is 9.42. The van der Waals surface area contributed by atoms with Gasteiger partial charge >= 0.3 is 0 Å². The second-order valence-corrected chi connectivity index (χ2v) is 6.78. The smallest absolute Gasteiger partial charge is 0.115 e. The minimum Gasteiger partial charge on any atom is -0.508 e. The summed E-state index contributed by atoms with van der Waals surface area (Å²) in [5.74, 6) is 0.328. The summed E-state index contributed by atoms with van der Waals surface area (Å²) >= 11 is 0. The molecule has 24 heavy (non-hydrogen) atoms. The fourth-order valence-corrected chi connectivity index (χ4v) is 3.33. The van der Waals surface area contributed by atoms with Gasteiger partial charge in [0.05, 0.1) is 6.10 Å². The van der Waals surface area contributed by atoms with Gasteiger partial charge in [-0.15, -0.1) is 0 Å². The summed E-state index contributed by atoms with van der Waals surface area (Å²) in [6.07, 6.45) is 3.71. The van der Waals surface area contributed by atoms with Gasteiger partial charge in [0.15, 0.2) is 0 Å². The molecule has 3 nitrogen and oxygen atoms in total. The van der Waals surface area contributed by atoms with E-state index in [-0.39, 0.29) is 0 Å². The van der Waals surface area contributed by atoms with E-state index in [0.29, 0.717) is 11.9 Å². The highest BCUT2D eigenvalue weighted by Crippen LogP contribution is 2.17. The van der Waals surface area contributed by atoms with E-state index in [1.165, 1.54) is 29.5 Å². The lowest BCUT2D eigenvalue weighted by atomic mass is 10.1. The lowest BCUT2D eigenvalue weighted by Gasteiger charge is -2.25. The third kappa shape index (κ3) is 5.08. The average Bonchev–Trinajstić information content (AvgIpc) is 3.07. The van der Waals surface area contributed by atoms with E-state index in [9.17, 15) is 5.11 Å². The average molecular weight is 325 g/mol. The summed E-state index contributed by atoms with van der Waals surface area (Å²) in [7, 11) is 0. The van der Waals surface area contributed by atoms with Gasteiger partial charge in [-0.05, 0) is 49.4 Å². The molecule has 3 rings (SSSR count). The maximum atomic E-state index is 9.42. The first kappa shape index (κ1) is 17.0. The molecule has 1 saturated heterocycles. The summed E-state index contributed by atoms with van der Waals surface area (Å²) in [5.41, 5.74) is 3.93. The Morgan fingerprint density at radius 2 is 1.96 bits per heavy atom. The van der Waals surface area contributed by atoms with Crippen molar-refractivity contribution in [2.45, 2.75) is 38.8 Å². The molecule has 1 unspecified atom stereocenters. The first-order valence-electron chi connectivity index (χ1n) is 8.86. The molecule has 0 saturated carbocycles. The van der Waals surface area contributed by atoms with Gasteiger partial charge < -0.3 is 9.84 Å². The van der Waals surface area contributed by atoms with Crippen molar-refractivity contribution in [1.82, 2.24) is 4.90 Å². The predicted octanol–water partition coefficient (Wildman–Crippen LogP) is 3.92. The zero-order valence-electron chi connectivity index (χ0n) is 14.4. The van der Waals surface area contributed by atoms with Gasteiger partial charge in [0.25, 0.3) is 0 Å². The van der Waals surface area contributed by atoms with Crippen molar-refractivity contribution in [2.75, 3.05) is 19.7 Å². The fraction of sp³-hybridized carbons (Fsp3) is 0.429. The van der Waals surface area contributed by atoms with E-state index < -0.39 is 0 Å². The molecule has 1 heterocycles. The number of benzene rings is 2. The van der Waals surface area contributed by atoms with E-state index in [1.54, 1.807) is 12.1 Å². The van der Waals surface area contributed by atoms with Crippen molar-refractivity contribution in [1.29, 1.82) is 0 Å². The van der Waals surface area contributed by atoms with E-state index >= 15 is 0 Å². The quantitative estimate of drug-likeness (QED) is 0.837. The summed E-state index contributed by atoms with van der Waals surface area (Å²) in [6.45, 7) is 6.00. The van der Waals surface area contributed by atoms with E-state index in [4.69, 9.17) is 4.74 Å². The van der Waals surface area contributed by atoms with Gasteiger partial charge in [-0.1, -0.05) is 42.0 Å². The van der Waals surface area contributed by atoms with Gasteiger partial charge in [-0.2, -0.15) is 0 Å². The molecule has 0 aliphatic carbocycles. The van der Waals surface area contributed by atoms with Crippen LogP contribution < -0.4 is 0 Å². The number of aryl methyl sites for hydroxylation is 1. The van der Waals surface area contributed by atoms with Gasteiger partial charge in [0, 0.05) is 26.2 Å². The van der Waals surface area contributed by atoms with Crippen LogP contribution in [0.4, 0.5) is 0 Å². The standard InChI is InChI=1S/C21H27NO2/c1-17-4-2-5-19(14-17)15-22(16-21-6-3-13-24-21)12-11-18-7-9-20(23)10-8-18/h2,4-5,7-10,14,21,23H,3,6,11-13,15-16H2,1H3. The Morgan fingerprint density at radius 3 is 2.67 bits per heavy atom. The second kappa shape index (κ2) is 8.32. The minimum absolute atomic E-state index is 0.328. The first-order chi connectivity index (χ1) is 11.7. The Kier molecular flexibility index (Phi) is 5.89. The van der Waals surface area contributed by atoms with Crippen molar-refractivity contribution in [3.63, 3.8) is 0 Å². The molecule has 1 atom stereocenters. The molecule has 2 aromatic rings. The first-order valence-corrected chi connectivity index (χ1v) is 8.86. The van der Waals surface area contributed by atoms with E-state index in [1.807, 2.05) is 12.1 Å². The number of ether oxygens (including phenoxy) is 1. The maximum Gasteiger partial charge on any atom is 0.115 e. The van der Waals surface area contributed by atoms with Crippen LogP contribution in [0.5, 0.6) is 5.75 Å². The van der Waals surface area contributed by atoms with Crippen LogP contribution in [0.3, 0.4) is 0 Å². The number of hydrogen-bond acceptors (Lipinski definition) is 3. The topological polar surface area (TPSA) is 32.7 Å². The van der Waals surface area contributed by atoms with Crippen LogP contribution in [0, 0.1) is 6.92 Å². The van der Waals surface area contributed by atoms with Gasteiger partial charge in [-0.3, -0.25) is 4.90 Å². The third-order valence-electron chi connectivity index (χ3n) is 4.63. The molecule has 0 bridgehead atoms. The molecule has 1 aliphatic rings. The second-order valence-electron chi connectivity index (χ2n) is 6.78. The monoisotopic (exact) mass is 325 g/mol. The molecule has 3 heteroatoms. The van der Waals surface area contributed by atoms with E-state index in [2.05, 4.69) is 36.1 Å². The Bertz CT molecular complexity index is 633. The Balaban J connectivity index is 1.63. The minimum atomic E-state index is 0.328. The lowest BCUT2D eigenvalue weighted by Crippen LogP contribution is -2.33. The molecule has 0 aromatic heterocycles. The van der Waals surface area contributed by atoms with Crippen molar-refractivity contribution in [3.05, 3.63) is 65.2 Å². The zero-order valence-corrected chi connectivity index (χ0v) is 14.4. The third-order valence-corrected chi connectivity index (χ3v) is 4.63. The largest absolute Gasteiger partial charge is 0.508 e. The van der Waals surface area contributed by atoms with Crippen molar-refractivity contribution >= 4 is 0 Å². The number of phenolic OH excluding ortho intramolecular Hbond substituents is 1. The number of rotatable bonds is 7. The van der Waals surface area contributed by atoms with Crippen LogP contribution in [-0.4, -0.2) is 35.8 Å². The number of hydrogen-bond donors (Lipinski definition) is 1. The molecule has 0 spiro atoms. The lowest BCUT2D eigenvalue weighted by molar-refractivity contribution is 0.0709. The molecule has 0 radical (unpaired) electrons. The molecule has 1 N–H and O–H groups in total. The molecule has 2 aromatic carbocycles. The highest BCUT2D eigenvalue weighted by molar-refractivity contribution is 5.26. The number of nitrogens with zero attached hydrogens (tertiary/aromatic N) is 1. The van der Waals surface area contributed by atoms with Crippen LogP contribution in [0.15, 0.2) is 48.5 Å².